The molecular formula is C15H33ClN4. The Balaban J connectivity index is 0. The summed E-state index contributed by atoms with van der Waals surface area (Å²) in [5.74, 6) is 0. The van der Waals surface area contributed by atoms with Crippen molar-refractivity contribution in [2.45, 2.75) is 39.5 Å². The van der Waals surface area contributed by atoms with Gasteiger partial charge in [0.1, 0.15) is 0 Å². The number of rotatable bonds is 12. The zero-order valence-corrected chi connectivity index (χ0v) is 14.6. The van der Waals surface area contributed by atoms with Gasteiger partial charge in [0.2, 0.25) is 0 Å². The van der Waals surface area contributed by atoms with E-state index in [0.29, 0.717) is 0 Å². The van der Waals surface area contributed by atoms with Gasteiger partial charge in [0.25, 0.3) is 0 Å². The summed E-state index contributed by atoms with van der Waals surface area (Å²) in [4.78, 5) is 13.1. The topological polar surface area (TPSA) is 31.2 Å². The summed E-state index contributed by atoms with van der Waals surface area (Å²) in [5.41, 5.74) is 0. The minimum atomic E-state index is 0. The van der Waals surface area contributed by atoms with Crippen LogP contribution in [-0.4, -0.2) is 69.2 Å². The summed E-state index contributed by atoms with van der Waals surface area (Å²) in [5, 5.41) is 0. The van der Waals surface area contributed by atoms with Gasteiger partial charge in [-0.1, -0.05) is 13.8 Å². The Morgan fingerprint density at radius 3 is 1.50 bits per heavy atom. The lowest BCUT2D eigenvalue weighted by Crippen LogP contribution is -2.20. The van der Waals surface area contributed by atoms with E-state index in [1.807, 2.05) is 0 Å². The molecule has 0 saturated heterocycles. The van der Waals surface area contributed by atoms with Crippen LogP contribution in [0.5, 0.6) is 0 Å². The first-order valence-corrected chi connectivity index (χ1v) is 7.65. The molecule has 0 spiro atoms. The molecule has 0 aliphatic heterocycles. The van der Waals surface area contributed by atoms with Crippen molar-refractivity contribution < 1.29 is 0 Å². The molecule has 0 bridgehead atoms. The highest BCUT2D eigenvalue weighted by Crippen LogP contribution is 1.91. The first-order valence-electron chi connectivity index (χ1n) is 7.65. The van der Waals surface area contributed by atoms with Gasteiger partial charge in [0.15, 0.2) is 0 Å². The summed E-state index contributed by atoms with van der Waals surface area (Å²) in [7, 11) is 4.32. The van der Waals surface area contributed by atoms with Crippen molar-refractivity contribution in [3.8, 4) is 0 Å². The van der Waals surface area contributed by atoms with Crippen molar-refractivity contribution >= 4 is 18.4 Å². The zero-order valence-electron chi connectivity index (χ0n) is 13.8. The second-order valence-corrected chi connectivity index (χ2v) is 5.18. The van der Waals surface area contributed by atoms with Crippen LogP contribution >= 0.6 is 12.4 Å². The van der Waals surface area contributed by atoms with E-state index in [9.17, 15) is 0 Å². The number of halogens is 1. The standard InChI is InChI=1S/C15H32N4.ClH/c1-5-11-18(3)13-7-9-16-15-17-10-8-14-19(4)12-6-2;/h5-14H2,1-4H3;1H. The summed E-state index contributed by atoms with van der Waals surface area (Å²) >= 11 is 0. The van der Waals surface area contributed by atoms with E-state index in [-0.39, 0.29) is 12.4 Å². The predicted octanol–water partition coefficient (Wildman–Crippen LogP) is 3.05. The van der Waals surface area contributed by atoms with Gasteiger partial charge in [-0.05, 0) is 66.0 Å². The average Bonchev–Trinajstić information content (AvgIpc) is 2.37. The van der Waals surface area contributed by atoms with Crippen LogP contribution in [0, 0.1) is 0 Å². The van der Waals surface area contributed by atoms with Gasteiger partial charge in [0.05, 0.1) is 19.1 Å². The van der Waals surface area contributed by atoms with Crippen molar-refractivity contribution in [3.63, 3.8) is 0 Å². The van der Waals surface area contributed by atoms with E-state index in [1.165, 1.54) is 25.9 Å². The molecular weight excluding hydrogens is 272 g/mol. The molecule has 20 heavy (non-hydrogen) atoms. The summed E-state index contributed by atoms with van der Waals surface area (Å²) in [6, 6.07) is 2.81. The smallest absolute Gasteiger partial charge is 0.0892 e. The molecule has 0 aromatic carbocycles. The fourth-order valence-corrected chi connectivity index (χ4v) is 1.98. The second-order valence-electron chi connectivity index (χ2n) is 5.18. The van der Waals surface area contributed by atoms with Gasteiger partial charge in [-0.15, -0.1) is 12.4 Å². The molecule has 0 amide bonds. The summed E-state index contributed by atoms with van der Waals surface area (Å²) < 4.78 is 0. The van der Waals surface area contributed by atoms with Crippen molar-refractivity contribution in [1.82, 2.24) is 9.80 Å². The Morgan fingerprint density at radius 2 is 1.15 bits per heavy atom. The first kappa shape index (κ1) is 21.9. The van der Waals surface area contributed by atoms with Gasteiger partial charge < -0.3 is 9.80 Å². The predicted molar refractivity (Wildman–Crippen MR) is 91.7 cm³/mol. The Labute approximate surface area is 131 Å². The van der Waals surface area contributed by atoms with E-state index >= 15 is 0 Å². The molecule has 0 atom stereocenters. The van der Waals surface area contributed by atoms with Crippen LogP contribution in [0.3, 0.4) is 0 Å². The quantitative estimate of drug-likeness (QED) is 0.410. The molecule has 0 aromatic heterocycles. The molecule has 0 fully saturated rings. The van der Waals surface area contributed by atoms with Crippen LogP contribution in [0.1, 0.15) is 39.5 Å². The Bertz CT molecular complexity index is 230. The third-order valence-corrected chi connectivity index (χ3v) is 2.97. The monoisotopic (exact) mass is 304 g/mol. The normalized spacial score (nSPS) is 10.3. The Kier molecular flexibility index (Phi) is 18.2. The van der Waals surface area contributed by atoms with Crippen LogP contribution < -0.4 is 0 Å². The third-order valence-electron chi connectivity index (χ3n) is 2.97. The van der Waals surface area contributed by atoms with Crippen molar-refractivity contribution in [2.75, 3.05) is 53.4 Å². The highest BCUT2D eigenvalue weighted by molar-refractivity contribution is 5.85. The maximum absolute atomic E-state index is 4.20. The molecule has 0 aliphatic carbocycles. The minimum absolute atomic E-state index is 0. The second kappa shape index (κ2) is 16.6. The molecule has 0 aliphatic rings. The highest BCUT2D eigenvalue weighted by Gasteiger charge is 1.95. The van der Waals surface area contributed by atoms with Crippen molar-refractivity contribution in [1.29, 1.82) is 0 Å². The van der Waals surface area contributed by atoms with E-state index in [2.05, 4.69) is 53.7 Å². The lowest BCUT2D eigenvalue weighted by molar-refractivity contribution is 0.332. The van der Waals surface area contributed by atoms with Gasteiger partial charge >= 0.3 is 0 Å². The molecule has 0 aromatic rings. The molecule has 120 valence electrons. The highest BCUT2D eigenvalue weighted by atomic mass is 35.5. The van der Waals surface area contributed by atoms with E-state index in [4.69, 9.17) is 0 Å². The van der Waals surface area contributed by atoms with Gasteiger partial charge in [-0.2, -0.15) is 0 Å². The zero-order chi connectivity index (χ0) is 14.3. The van der Waals surface area contributed by atoms with Crippen LogP contribution in [0.2, 0.25) is 0 Å². The third kappa shape index (κ3) is 15.6. The fraction of sp³-hybridized carbons (Fsp3) is 0.933. The van der Waals surface area contributed by atoms with Crippen LogP contribution in [0.4, 0.5) is 0 Å². The lowest BCUT2D eigenvalue weighted by Gasteiger charge is -2.13. The summed E-state index contributed by atoms with van der Waals surface area (Å²) in [6.07, 6.45) is 4.62. The van der Waals surface area contributed by atoms with Gasteiger partial charge in [0, 0.05) is 0 Å². The van der Waals surface area contributed by atoms with Gasteiger partial charge in [-0.25, -0.2) is 9.98 Å². The maximum Gasteiger partial charge on any atom is 0.0892 e. The Hall–Kier alpha value is -0.410. The largest absolute Gasteiger partial charge is 0.306 e. The minimum Gasteiger partial charge on any atom is -0.306 e. The van der Waals surface area contributed by atoms with E-state index in [0.717, 1.165) is 39.0 Å². The molecule has 0 rings (SSSR count). The lowest BCUT2D eigenvalue weighted by atomic mass is 10.3. The van der Waals surface area contributed by atoms with Gasteiger partial charge in [-0.3, -0.25) is 0 Å². The average molecular weight is 305 g/mol. The first-order chi connectivity index (χ1) is 9.20. The fourth-order valence-electron chi connectivity index (χ4n) is 1.98. The number of hydrogen-bond acceptors (Lipinski definition) is 4. The SMILES string of the molecule is CCCN(C)CCCN=C=NCCCN(C)CCC.Cl. The molecule has 0 N–H and O–H groups in total. The van der Waals surface area contributed by atoms with Crippen LogP contribution in [0.25, 0.3) is 0 Å². The molecule has 5 heteroatoms. The molecule has 0 radical (unpaired) electrons. The molecule has 4 nitrogen and oxygen atoms in total. The van der Waals surface area contributed by atoms with Crippen LogP contribution in [0.15, 0.2) is 9.98 Å². The molecule has 0 unspecified atom stereocenters. The number of hydrogen-bond donors (Lipinski definition) is 0. The number of nitrogens with zero attached hydrogens (tertiary/aromatic N) is 4. The number of aliphatic imine (C=N–C) groups is 2. The molecule has 0 heterocycles. The van der Waals surface area contributed by atoms with Crippen molar-refractivity contribution in [2.24, 2.45) is 9.98 Å². The summed E-state index contributed by atoms with van der Waals surface area (Å²) in [6.45, 7) is 10.7. The van der Waals surface area contributed by atoms with E-state index < -0.39 is 0 Å². The molecule has 0 saturated carbocycles. The van der Waals surface area contributed by atoms with Crippen molar-refractivity contribution in [3.05, 3.63) is 0 Å². The maximum atomic E-state index is 4.20. The Morgan fingerprint density at radius 1 is 0.750 bits per heavy atom. The van der Waals surface area contributed by atoms with Crippen LogP contribution in [-0.2, 0) is 0 Å². The van der Waals surface area contributed by atoms with E-state index in [1.54, 1.807) is 0 Å².